The Hall–Kier alpha value is -7.72. The van der Waals surface area contributed by atoms with Crippen molar-refractivity contribution in [1.29, 1.82) is 0 Å². The summed E-state index contributed by atoms with van der Waals surface area (Å²) >= 11 is 1.92. The highest BCUT2D eigenvalue weighted by molar-refractivity contribution is 7.27. The van der Waals surface area contributed by atoms with Crippen LogP contribution in [0, 0.1) is 0 Å². The molecule has 0 radical (unpaired) electrons. The van der Waals surface area contributed by atoms with Crippen LogP contribution in [0.1, 0.15) is 38.8 Å². The molecule has 0 saturated carbocycles. The van der Waals surface area contributed by atoms with E-state index in [1.54, 1.807) is 0 Å². The van der Waals surface area contributed by atoms with E-state index in [1.165, 1.54) is 92.2 Å². The molecule has 0 atom stereocenters. The summed E-state index contributed by atoms with van der Waals surface area (Å²) in [4.78, 5) is 2.41. The highest BCUT2D eigenvalue weighted by Gasteiger charge is 2.35. The van der Waals surface area contributed by atoms with Gasteiger partial charge in [-0.25, -0.2) is 0 Å². The maximum Gasteiger partial charge on any atom is 0.0555 e. The average Bonchev–Trinajstić information content (AvgIpc) is 4.00. The van der Waals surface area contributed by atoms with Gasteiger partial charge in [-0.05, 0) is 113 Å². The minimum Gasteiger partial charge on any atom is -0.310 e. The summed E-state index contributed by atoms with van der Waals surface area (Å²) in [5.41, 5.74) is 17.3. The maximum absolute atomic E-state index is 2.42. The number of hydrogen-bond acceptors (Lipinski definition) is 2. The number of benzene rings is 9. The summed E-state index contributed by atoms with van der Waals surface area (Å²) in [5.74, 6) is 0. The molecule has 0 aliphatic heterocycles. The van der Waals surface area contributed by atoms with E-state index in [2.05, 4.69) is 231 Å². The Morgan fingerprint density at radius 3 is 1.73 bits per heavy atom. The van der Waals surface area contributed by atoms with E-state index in [0.717, 1.165) is 17.1 Å². The Kier molecular flexibility index (Phi) is 10.6. The van der Waals surface area contributed by atoms with E-state index in [4.69, 9.17) is 0 Å². The third-order valence-corrected chi connectivity index (χ3v) is 14.6. The molecular weight excluding hydrogens is 817 g/mol. The summed E-state index contributed by atoms with van der Waals surface area (Å²) in [5, 5.41) is 5.22. The Labute approximate surface area is 391 Å². The van der Waals surface area contributed by atoms with Crippen molar-refractivity contribution >= 4 is 76.1 Å². The second kappa shape index (κ2) is 17.0. The first-order chi connectivity index (χ1) is 32.4. The molecule has 0 N–H and O–H groups in total. The van der Waals surface area contributed by atoms with Crippen LogP contribution in [0.25, 0.3) is 81.1 Å². The van der Waals surface area contributed by atoms with E-state index in [0.29, 0.717) is 0 Å². The van der Waals surface area contributed by atoms with Crippen LogP contribution >= 0.6 is 11.3 Å². The molecule has 0 unspecified atom stereocenters. The molecule has 0 amide bonds. The van der Waals surface area contributed by atoms with E-state index >= 15 is 0 Å². The van der Waals surface area contributed by atoms with E-state index in [9.17, 15) is 0 Å². The lowest BCUT2D eigenvalue weighted by atomic mass is 9.82. The standard InChI is InChI=1S/C57H44N2S.C6H6/c1-5-15-40(6-2)59-52-23-13-11-19-49(52)54-53(59)35-34-48-47-21-14-20-44(55(47)60-56(48)54)39-26-30-42(31-27-39)58(41-28-24-38(25-29-41)37-16-8-7-9-17-37)43-32-33-46-45-18-10-12-22-50(45)57(3,4)51(46)36-43;1-2-4-6-5-3-1/h5-36H,1-4H3;1-6H/b15-5-,40-6+;. The molecule has 0 bridgehead atoms. The summed E-state index contributed by atoms with van der Waals surface area (Å²) in [6.45, 7) is 8.92. The number of allylic oxidation sites excluding steroid dienone is 4. The predicted octanol–water partition coefficient (Wildman–Crippen LogP) is 18.4. The summed E-state index contributed by atoms with van der Waals surface area (Å²) in [6.07, 6.45) is 6.53. The van der Waals surface area contributed by atoms with Crippen LogP contribution in [0.15, 0.2) is 231 Å². The van der Waals surface area contributed by atoms with Crippen LogP contribution in [0.2, 0.25) is 0 Å². The van der Waals surface area contributed by atoms with Gasteiger partial charge in [0.2, 0.25) is 0 Å². The Morgan fingerprint density at radius 1 is 0.455 bits per heavy atom. The van der Waals surface area contributed by atoms with Crippen molar-refractivity contribution in [3.05, 3.63) is 242 Å². The molecule has 0 spiro atoms. The molecule has 1 aliphatic rings. The zero-order chi connectivity index (χ0) is 44.8. The van der Waals surface area contributed by atoms with Gasteiger partial charge in [-0.3, -0.25) is 0 Å². The van der Waals surface area contributed by atoms with Crippen LogP contribution < -0.4 is 4.90 Å². The third kappa shape index (κ3) is 6.95. The monoisotopic (exact) mass is 866 g/mol. The number of nitrogens with zero attached hydrogens (tertiary/aromatic N) is 2. The first kappa shape index (κ1) is 41.0. The lowest BCUT2D eigenvalue weighted by Crippen LogP contribution is -2.16. The molecule has 2 nitrogen and oxygen atoms in total. The van der Waals surface area contributed by atoms with Crippen LogP contribution in [0.4, 0.5) is 17.1 Å². The quantitative estimate of drug-likeness (QED) is 0.145. The van der Waals surface area contributed by atoms with Crippen molar-refractivity contribution < 1.29 is 0 Å². The molecule has 2 aromatic heterocycles. The molecular formula is C63H50N2S. The van der Waals surface area contributed by atoms with Gasteiger partial charge in [0.1, 0.15) is 0 Å². The number of para-hydroxylation sites is 1. The van der Waals surface area contributed by atoms with Crippen molar-refractivity contribution in [3.63, 3.8) is 0 Å². The molecule has 318 valence electrons. The van der Waals surface area contributed by atoms with Gasteiger partial charge in [0.15, 0.2) is 0 Å². The van der Waals surface area contributed by atoms with Gasteiger partial charge in [0, 0.05) is 59.1 Å². The number of rotatable bonds is 7. The van der Waals surface area contributed by atoms with Crippen LogP contribution in [-0.2, 0) is 5.41 Å². The predicted molar refractivity (Wildman–Crippen MR) is 287 cm³/mol. The molecule has 9 aromatic carbocycles. The van der Waals surface area contributed by atoms with Crippen molar-refractivity contribution in [2.24, 2.45) is 0 Å². The molecule has 1 aliphatic carbocycles. The average molecular weight is 867 g/mol. The van der Waals surface area contributed by atoms with Crippen molar-refractivity contribution in [3.8, 4) is 33.4 Å². The first-order valence-corrected chi connectivity index (χ1v) is 23.7. The molecule has 3 heteroatoms. The van der Waals surface area contributed by atoms with E-state index in [1.807, 2.05) is 47.7 Å². The van der Waals surface area contributed by atoms with Gasteiger partial charge >= 0.3 is 0 Å². The van der Waals surface area contributed by atoms with Crippen molar-refractivity contribution in [2.75, 3.05) is 4.90 Å². The normalized spacial score (nSPS) is 13.0. The fraction of sp³-hybridized carbons (Fsp3) is 0.0794. The highest BCUT2D eigenvalue weighted by atomic mass is 32.1. The lowest BCUT2D eigenvalue weighted by Gasteiger charge is -2.28. The third-order valence-electron chi connectivity index (χ3n) is 13.4. The fourth-order valence-corrected chi connectivity index (χ4v) is 11.6. The van der Waals surface area contributed by atoms with Gasteiger partial charge in [-0.15, -0.1) is 11.3 Å². The smallest absolute Gasteiger partial charge is 0.0555 e. The molecule has 0 fully saturated rings. The Bertz CT molecular complexity index is 3580. The van der Waals surface area contributed by atoms with Crippen LogP contribution in [0.3, 0.4) is 0 Å². The van der Waals surface area contributed by atoms with Crippen molar-refractivity contribution in [2.45, 2.75) is 33.1 Å². The van der Waals surface area contributed by atoms with Gasteiger partial charge in [0.25, 0.3) is 0 Å². The number of anilines is 3. The maximum atomic E-state index is 2.42. The highest BCUT2D eigenvalue weighted by Crippen LogP contribution is 2.51. The zero-order valence-electron chi connectivity index (χ0n) is 37.7. The second-order valence-electron chi connectivity index (χ2n) is 17.5. The summed E-state index contributed by atoms with van der Waals surface area (Å²) in [6, 6.07) is 77.1. The van der Waals surface area contributed by atoms with Crippen LogP contribution in [0.5, 0.6) is 0 Å². The largest absolute Gasteiger partial charge is 0.310 e. The zero-order valence-corrected chi connectivity index (χ0v) is 38.6. The fourth-order valence-electron chi connectivity index (χ4n) is 10.2. The van der Waals surface area contributed by atoms with E-state index in [-0.39, 0.29) is 5.41 Å². The summed E-state index contributed by atoms with van der Waals surface area (Å²) in [7, 11) is 0. The molecule has 66 heavy (non-hydrogen) atoms. The van der Waals surface area contributed by atoms with E-state index < -0.39 is 0 Å². The minimum atomic E-state index is -0.0976. The number of thiophene rings is 1. The first-order valence-electron chi connectivity index (χ1n) is 22.9. The summed E-state index contributed by atoms with van der Waals surface area (Å²) < 4.78 is 5.07. The molecule has 11 aromatic rings. The van der Waals surface area contributed by atoms with Gasteiger partial charge in [0.05, 0.1) is 11.0 Å². The molecule has 2 heterocycles. The van der Waals surface area contributed by atoms with Gasteiger partial charge in [-0.2, -0.15) is 0 Å². The SMILES string of the molecule is C/C=C\C(=C/C)n1c2ccccc2c2c3sc4c(-c5ccc(N(c6ccc(-c7ccccc7)cc6)c6ccc7c(c6)C(C)(C)c6ccccc6-7)cc5)cccc4c3ccc21.c1ccccc1. The number of fused-ring (bicyclic) bond motifs is 10. The van der Waals surface area contributed by atoms with Gasteiger partial charge in [-0.1, -0.05) is 190 Å². The number of aromatic nitrogens is 1. The topological polar surface area (TPSA) is 8.17 Å². The molecule has 0 saturated heterocycles. The van der Waals surface area contributed by atoms with Crippen molar-refractivity contribution in [1.82, 2.24) is 4.57 Å². The lowest BCUT2D eigenvalue weighted by molar-refractivity contribution is 0.660. The second-order valence-corrected chi connectivity index (χ2v) is 18.6. The Balaban J connectivity index is 0.000000745. The number of hydrogen-bond donors (Lipinski definition) is 0. The minimum absolute atomic E-state index is 0.0976. The van der Waals surface area contributed by atoms with Gasteiger partial charge < -0.3 is 9.47 Å². The van der Waals surface area contributed by atoms with Crippen LogP contribution in [-0.4, -0.2) is 4.57 Å². The molecule has 12 rings (SSSR count). The Morgan fingerprint density at radius 2 is 1.02 bits per heavy atom.